The molecule has 0 saturated heterocycles. The van der Waals surface area contributed by atoms with E-state index in [9.17, 15) is 13.2 Å². The molecule has 1 aliphatic heterocycles. The minimum Gasteiger partial charge on any atom is -0.467 e. The van der Waals surface area contributed by atoms with E-state index >= 15 is 0 Å². The monoisotopic (exact) mass is 347 g/mol. The summed E-state index contributed by atoms with van der Waals surface area (Å²) in [6.45, 7) is 1.43. The average Bonchev–Trinajstić information content (AvgIpc) is 3.15. The largest absolute Gasteiger partial charge is 0.467 e. The quantitative estimate of drug-likeness (QED) is 0.919. The Morgan fingerprint density at radius 3 is 2.67 bits per heavy atom. The van der Waals surface area contributed by atoms with Crippen molar-refractivity contribution in [2.75, 3.05) is 11.0 Å². The zero-order valence-corrected chi connectivity index (χ0v) is 14.1. The van der Waals surface area contributed by atoms with E-state index in [2.05, 4.69) is 9.82 Å². The first-order valence-corrected chi connectivity index (χ1v) is 9.22. The van der Waals surface area contributed by atoms with Gasteiger partial charge in [-0.1, -0.05) is 18.2 Å². The van der Waals surface area contributed by atoms with E-state index in [-0.39, 0.29) is 11.9 Å². The molecule has 8 heteroatoms. The smallest absolute Gasteiger partial charge is 0.240 e. The Bertz CT molecular complexity index is 888. The molecule has 2 heterocycles. The lowest BCUT2D eigenvalue weighted by Gasteiger charge is -2.17. The summed E-state index contributed by atoms with van der Waals surface area (Å²) >= 11 is 0. The summed E-state index contributed by atoms with van der Waals surface area (Å²) in [7, 11) is -3.42. The molecule has 1 N–H and O–H groups in total. The third kappa shape index (κ3) is 3.33. The number of hydrazone groups is 1. The van der Waals surface area contributed by atoms with Crippen LogP contribution in [0.1, 0.15) is 30.7 Å². The minimum atomic E-state index is -3.42. The molecule has 0 unspecified atom stereocenters. The van der Waals surface area contributed by atoms with Gasteiger partial charge in [0, 0.05) is 18.9 Å². The van der Waals surface area contributed by atoms with Gasteiger partial charge in [0.2, 0.25) is 15.9 Å². The van der Waals surface area contributed by atoms with Gasteiger partial charge in [-0.15, -0.1) is 0 Å². The molecule has 3 rings (SSSR count). The van der Waals surface area contributed by atoms with Crippen LogP contribution in [-0.2, 0) is 14.8 Å². The van der Waals surface area contributed by atoms with Crippen LogP contribution in [0.2, 0.25) is 0 Å². The first-order valence-electron chi connectivity index (χ1n) is 7.33. The van der Waals surface area contributed by atoms with Crippen molar-refractivity contribution in [2.45, 2.75) is 19.4 Å². The molecule has 1 aromatic heterocycles. The Morgan fingerprint density at radius 2 is 2.04 bits per heavy atom. The van der Waals surface area contributed by atoms with E-state index in [1.54, 1.807) is 42.7 Å². The van der Waals surface area contributed by atoms with Gasteiger partial charge in [0.05, 0.1) is 23.9 Å². The molecular formula is C16H17N3O4S. The van der Waals surface area contributed by atoms with E-state index in [0.717, 1.165) is 6.26 Å². The number of rotatable bonds is 4. The summed E-state index contributed by atoms with van der Waals surface area (Å²) in [4.78, 5) is 11.9. The lowest BCUT2D eigenvalue weighted by atomic mass is 10.0. The van der Waals surface area contributed by atoms with Crippen molar-refractivity contribution >= 4 is 27.3 Å². The highest BCUT2D eigenvalue weighted by molar-refractivity contribution is 7.92. The van der Waals surface area contributed by atoms with Gasteiger partial charge in [-0.25, -0.2) is 13.4 Å². The number of anilines is 1. The first-order chi connectivity index (χ1) is 11.3. The van der Waals surface area contributed by atoms with Crippen LogP contribution in [0.25, 0.3) is 0 Å². The highest BCUT2D eigenvalue weighted by Crippen LogP contribution is 2.34. The summed E-state index contributed by atoms with van der Waals surface area (Å²) in [6, 6.07) is 10.2. The molecule has 0 aliphatic carbocycles. The third-order valence-corrected chi connectivity index (χ3v) is 4.23. The molecule has 0 saturated carbocycles. The van der Waals surface area contributed by atoms with E-state index in [1.807, 2.05) is 0 Å². The molecule has 7 nitrogen and oxygen atoms in total. The highest BCUT2D eigenvalue weighted by atomic mass is 32.2. The number of sulfonamides is 1. The van der Waals surface area contributed by atoms with Crippen molar-refractivity contribution in [3.05, 3.63) is 54.0 Å². The molecule has 0 spiro atoms. The number of para-hydroxylation sites is 1. The topological polar surface area (TPSA) is 92.0 Å². The summed E-state index contributed by atoms with van der Waals surface area (Å²) in [5.74, 6) is 0.428. The number of amides is 1. The molecule has 0 bridgehead atoms. The van der Waals surface area contributed by atoms with Crippen molar-refractivity contribution in [2.24, 2.45) is 5.10 Å². The van der Waals surface area contributed by atoms with Gasteiger partial charge in [-0.05, 0) is 18.2 Å². The molecule has 1 atom stereocenters. The van der Waals surface area contributed by atoms with Crippen LogP contribution in [0.5, 0.6) is 0 Å². The van der Waals surface area contributed by atoms with Gasteiger partial charge < -0.3 is 4.42 Å². The number of carbonyl (C=O) groups is 1. The fourth-order valence-corrected chi connectivity index (χ4v) is 3.27. The van der Waals surface area contributed by atoms with E-state index < -0.39 is 10.0 Å². The Balaban J connectivity index is 1.99. The average molecular weight is 347 g/mol. The maximum atomic E-state index is 11.9. The maximum absolute atomic E-state index is 11.9. The second-order valence-corrected chi connectivity index (χ2v) is 7.31. The van der Waals surface area contributed by atoms with Crippen molar-refractivity contribution < 1.29 is 17.6 Å². The Labute approximate surface area is 140 Å². The molecular weight excluding hydrogens is 330 g/mol. The molecule has 1 aromatic carbocycles. The number of furan rings is 1. The van der Waals surface area contributed by atoms with Crippen LogP contribution in [0.4, 0.5) is 5.69 Å². The van der Waals surface area contributed by atoms with Crippen LogP contribution in [0.15, 0.2) is 52.2 Å². The van der Waals surface area contributed by atoms with Gasteiger partial charge in [0.25, 0.3) is 0 Å². The standard InChI is InChI=1S/C16H17N3O4S/c1-11(20)19-15(16-8-5-9-23-16)10-14(17-19)12-6-3-4-7-13(12)18-24(2,21)22/h3-9,15,18H,10H2,1-2H3/t15-/m1/s1. The highest BCUT2D eigenvalue weighted by Gasteiger charge is 2.34. The van der Waals surface area contributed by atoms with Gasteiger partial charge in [-0.2, -0.15) is 5.10 Å². The number of nitrogens with zero attached hydrogens (tertiary/aromatic N) is 2. The number of hydrogen-bond donors (Lipinski definition) is 1. The number of hydrogen-bond acceptors (Lipinski definition) is 5. The van der Waals surface area contributed by atoms with E-state index in [4.69, 9.17) is 4.42 Å². The molecule has 0 radical (unpaired) electrons. The van der Waals surface area contributed by atoms with Gasteiger partial charge >= 0.3 is 0 Å². The minimum absolute atomic E-state index is 0.208. The van der Waals surface area contributed by atoms with Crippen molar-refractivity contribution in [1.82, 2.24) is 5.01 Å². The van der Waals surface area contributed by atoms with Gasteiger partial charge in [-0.3, -0.25) is 9.52 Å². The third-order valence-electron chi connectivity index (χ3n) is 3.64. The molecule has 1 amide bonds. The summed E-state index contributed by atoms with van der Waals surface area (Å²) in [5.41, 5.74) is 1.70. The molecule has 1 aliphatic rings. The first kappa shape index (κ1) is 16.3. The second kappa shape index (κ2) is 6.12. The zero-order valence-electron chi connectivity index (χ0n) is 13.3. The fourth-order valence-electron chi connectivity index (χ4n) is 2.69. The maximum Gasteiger partial charge on any atom is 0.240 e. The zero-order chi connectivity index (χ0) is 17.3. The normalized spacial score (nSPS) is 17.7. The summed E-state index contributed by atoms with van der Waals surface area (Å²) in [6.07, 6.45) is 3.08. The van der Waals surface area contributed by atoms with E-state index in [0.29, 0.717) is 29.1 Å². The summed E-state index contributed by atoms with van der Waals surface area (Å²) in [5, 5.41) is 5.76. The van der Waals surface area contributed by atoms with Crippen LogP contribution in [0, 0.1) is 0 Å². The molecule has 126 valence electrons. The van der Waals surface area contributed by atoms with Gasteiger partial charge in [0.1, 0.15) is 11.8 Å². The Hall–Kier alpha value is -2.61. The SMILES string of the molecule is CC(=O)N1N=C(c2ccccc2NS(C)(=O)=O)C[C@@H]1c1ccco1. The van der Waals surface area contributed by atoms with Crippen molar-refractivity contribution in [3.63, 3.8) is 0 Å². The Morgan fingerprint density at radius 1 is 1.29 bits per heavy atom. The van der Waals surface area contributed by atoms with Crippen molar-refractivity contribution in [3.8, 4) is 0 Å². The summed E-state index contributed by atoms with van der Waals surface area (Å²) < 4.78 is 31.0. The Kier molecular flexibility index (Phi) is 4.15. The predicted molar refractivity (Wildman–Crippen MR) is 90.0 cm³/mol. The lowest BCUT2D eigenvalue weighted by Crippen LogP contribution is -2.23. The number of nitrogens with one attached hydrogen (secondary N) is 1. The number of benzene rings is 1. The van der Waals surface area contributed by atoms with Gasteiger partial charge in [0.15, 0.2) is 0 Å². The van der Waals surface area contributed by atoms with Crippen LogP contribution >= 0.6 is 0 Å². The van der Waals surface area contributed by atoms with E-state index in [1.165, 1.54) is 11.9 Å². The molecule has 24 heavy (non-hydrogen) atoms. The second-order valence-electron chi connectivity index (χ2n) is 5.57. The van der Waals surface area contributed by atoms with Crippen LogP contribution in [-0.4, -0.2) is 31.3 Å². The van der Waals surface area contributed by atoms with Crippen LogP contribution < -0.4 is 4.72 Å². The van der Waals surface area contributed by atoms with Crippen LogP contribution in [0.3, 0.4) is 0 Å². The fraction of sp³-hybridized carbons (Fsp3) is 0.250. The van der Waals surface area contributed by atoms with Crippen molar-refractivity contribution in [1.29, 1.82) is 0 Å². The number of carbonyl (C=O) groups excluding carboxylic acids is 1. The lowest BCUT2D eigenvalue weighted by molar-refractivity contribution is -0.130. The molecule has 2 aromatic rings. The molecule has 0 fully saturated rings. The predicted octanol–water partition coefficient (Wildman–Crippen LogP) is 2.35.